The van der Waals surface area contributed by atoms with Crippen LogP contribution in [0.3, 0.4) is 0 Å². The average Bonchev–Trinajstić information content (AvgIpc) is 3.41. The third-order valence-corrected chi connectivity index (χ3v) is 6.64. The van der Waals surface area contributed by atoms with Gasteiger partial charge in [0.25, 0.3) is 0 Å². The van der Waals surface area contributed by atoms with E-state index >= 15 is 0 Å². The third-order valence-electron chi connectivity index (χ3n) is 5.83. The summed E-state index contributed by atoms with van der Waals surface area (Å²) in [5, 5.41) is 12.5. The Kier molecular flexibility index (Phi) is 5.36. The molecule has 1 aliphatic rings. The molecule has 1 aliphatic heterocycles. The van der Waals surface area contributed by atoms with Crippen LogP contribution >= 0.6 is 0 Å². The number of nitrogens with one attached hydrogen (secondary N) is 1. The Labute approximate surface area is 189 Å². The molecule has 0 bridgehead atoms. The normalized spacial score (nSPS) is 17.8. The molecule has 1 fully saturated rings. The van der Waals surface area contributed by atoms with Crippen LogP contribution < -0.4 is 4.90 Å². The highest BCUT2D eigenvalue weighted by Gasteiger charge is 2.26. The van der Waals surface area contributed by atoms with Gasteiger partial charge in [0.05, 0.1) is 30.5 Å². The standard InChI is InChI=1S/C22H25N7O2S/c1-13-12-31-10-9-29(13)18-11-16(15-5-6-19(32(4)30)24-14(15)2)22-21(25-18)20(27-28(22)3)17-7-8-23-26-17/h5-8,11,13H,9-10,12H2,1-4H3,(H,23,26)/t13-,32+/m1/s1. The fourth-order valence-corrected chi connectivity index (χ4v) is 4.76. The van der Waals surface area contributed by atoms with Crippen LogP contribution in [0.25, 0.3) is 33.5 Å². The molecule has 1 N–H and O–H groups in total. The average molecular weight is 452 g/mol. The predicted octanol–water partition coefficient (Wildman–Crippen LogP) is 2.69. The van der Waals surface area contributed by atoms with E-state index in [1.54, 1.807) is 12.5 Å². The van der Waals surface area contributed by atoms with Crippen molar-refractivity contribution in [1.82, 2.24) is 29.9 Å². The van der Waals surface area contributed by atoms with Gasteiger partial charge >= 0.3 is 0 Å². The molecular formula is C22H25N7O2S. The first kappa shape index (κ1) is 20.9. The van der Waals surface area contributed by atoms with Crippen molar-refractivity contribution < 1.29 is 9.29 Å². The van der Waals surface area contributed by atoms with Crippen LogP contribution in [0.15, 0.2) is 35.5 Å². The Morgan fingerprint density at radius 1 is 1.22 bits per heavy atom. The maximum atomic E-state index is 11.9. The Balaban J connectivity index is 1.78. The maximum Gasteiger partial charge on any atom is 0.244 e. The number of aryl methyl sites for hydroxylation is 2. The third kappa shape index (κ3) is 3.54. The molecule has 9 nitrogen and oxygen atoms in total. The van der Waals surface area contributed by atoms with Crippen LogP contribution in [-0.4, -0.2) is 66.6 Å². The number of aromatic nitrogens is 6. The second kappa shape index (κ2) is 8.19. The minimum atomic E-state index is -1.14. The highest BCUT2D eigenvalue weighted by molar-refractivity contribution is 7.90. The van der Waals surface area contributed by atoms with Gasteiger partial charge < -0.3 is 14.2 Å². The van der Waals surface area contributed by atoms with Crippen molar-refractivity contribution >= 4 is 28.0 Å². The molecule has 5 rings (SSSR count). The molecule has 0 amide bonds. The second-order valence-corrected chi connectivity index (χ2v) is 9.34. The first-order chi connectivity index (χ1) is 15.4. The van der Waals surface area contributed by atoms with Gasteiger partial charge in [-0.2, -0.15) is 10.2 Å². The summed E-state index contributed by atoms with van der Waals surface area (Å²) in [7, 11) is 1.92. The second-order valence-electron chi connectivity index (χ2n) is 8.01. The molecule has 5 heterocycles. The van der Waals surface area contributed by atoms with E-state index in [0.29, 0.717) is 18.2 Å². The zero-order valence-electron chi connectivity index (χ0n) is 18.5. The van der Waals surface area contributed by atoms with E-state index < -0.39 is 11.2 Å². The molecule has 166 valence electrons. The predicted molar refractivity (Wildman–Crippen MR) is 124 cm³/mol. The van der Waals surface area contributed by atoms with Gasteiger partial charge in [-0.05, 0) is 32.0 Å². The zero-order chi connectivity index (χ0) is 22.4. The Bertz CT molecular complexity index is 1270. The fourth-order valence-electron chi connectivity index (χ4n) is 4.23. The Morgan fingerprint density at radius 2 is 2.06 bits per heavy atom. The number of rotatable bonds is 4. The van der Waals surface area contributed by atoms with E-state index in [9.17, 15) is 4.55 Å². The number of H-pyrrole nitrogens is 1. The number of ether oxygens (including phenoxy) is 1. The lowest BCUT2D eigenvalue weighted by atomic mass is 10.0. The number of nitrogens with zero attached hydrogens (tertiary/aromatic N) is 6. The summed E-state index contributed by atoms with van der Waals surface area (Å²) in [6, 6.07) is 8.02. The molecule has 4 aromatic heterocycles. The van der Waals surface area contributed by atoms with E-state index in [-0.39, 0.29) is 6.04 Å². The van der Waals surface area contributed by atoms with E-state index in [1.807, 2.05) is 36.9 Å². The molecule has 0 saturated carbocycles. The molecule has 10 heteroatoms. The molecule has 0 aromatic carbocycles. The number of morpholine rings is 1. The van der Waals surface area contributed by atoms with E-state index in [1.165, 1.54) is 0 Å². The SMILES string of the molecule is Cc1nc([S@+](C)[O-])ccc1-c1cc(N2CCOC[C@H]2C)nc2c(-c3cc[nH]n3)nn(C)c12. The lowest BCUT2D eigenvalue weighted by Crippen LogP contribution is -2.44. The molecule has 0 spiro atoms. The molecule has 4 aromatic rings. The zero-order valence-corrected chi connectivity index (χ0v) is 19.3. The number of hydrogen-bond acceptors (Lipinski definition) is 7. The Hall–Kier alpha value is -2.95. The Morgan fingerprint density at radius 3 is 2.75 bits per heavy atom. The first-order valence-corrected chi connectivity index (χ1v) is 12.0. The highest BCUT2D eigenvalue weighted by Crippen LogP contribution is 2.37. The van der Waals surface area contributed by atoms with Crippen LogP contribution in [0.2, 0.25) is 0 Å². The van der Waals surface area contributed by atoms with Crippen molar-refractivity contribution in [2.75, 3.05) is 30.9 Å². The number of aromatic amines is 1. The van der Waals surface area contributed by atoms with E-state index in [2.05, 4.69) is 33.1 Å². The van der Waals surface area contributed by atoms with Crippen molar-refractivity contribution in [3.63, 3.8) is 0 Å². The van der Waals surface area contributed by atoms with Gasteiger partial charge in [-0.3, -0.25) is 9.78 Å². The quantitative estimate of drug-likeness (QED) is 0.475. The van der Waals surface area contributed by atoms with Crippen molar-refractivity contribution in [3.05, 3.63) is 36.2 Å². The van der Waals surface area contributed by atoms with Gasteiger partial charge in [0.2, 0.25) is 5.03 Å². The number of fused-ring (bicyclic) bond motifs is 1. The van der Waals surface area contributed by atoms with Crippen molar-refractivity contribution in [2.24, 2.45) is 7.05 Å². The van der Waals surface area contributed by atoms with Crippen LogP contribution in [0, 0.1) is 6.92 Å². The van der Waals surface area contributed by atoms with Crippen molar-refractivity contribution in [3.8, 4) is 22.5 Å². The van der Waals surface area contributed by atoms with E-state index in [0.717, 1.165) is 51.6 Å². The molecular weight excluding hydrogens is 426 g/mol. The lowest BCUT2D eigenvalue weighted by molar-refractivity contribution is 0.0986. The van der Waals surface area contributed by atoms with Gasteiger partial charge in [-0.15, -0.1) is 0 Å². The minimum Gasteiger partial charge on any atom is -0.610 e. The van der Waals surface area contributed by atoms with Gasteiger partial charge in [0.15, 0.2) is 0 Å². The summed E-state index contributed by atoms with van der Waals surface area (Å²) in [4.78, 5) is 11.9. The van der Waals surface area contributed by atoms with E-state index in [4.69, 9.17) is 14.8 Å². The topological polar surface area (TPSA) is 108 Å². The highest BCUT2D eigenvalue weighted by atomic mass is 32.2. The number of hydrogen-bond donors (Lipinski definition) is 1. The monoisotopic (exact) mass is 451 g/mol. The summed E-state index contributed by atoms with van der Waals surface area (Å²) in [6.45, 7) is 6.17. The van der Waals surface area contributed by atoms with Crippen LogP contribution in [0.5, 0.6) is 0 Å². The molecule has 2 atom stereocenters. The van der Waals surface area contributed by atoms with Crippen LogP contribution in [-0.2, 0) is 23.0 Å². The maximum absolute atomic E-state index is 11.9. The fraction of sp³-hybridized carbons (Fsp3) is 0.364. The first-order valence-electron chi connectivity index (χ1n) is 10.5. The van der Waals surface area contributed by atoms with Crippen LogP contribution in [0.4, 0.5) is 5.82 Å². The number of anilines is 1. The van der Waals surface area contributed by atoms with Gasteiger partial charge in [-0.1, -0.05) is 0 Å². The van der Waals surface area contributed by atoms with Gasteiger partial charge in [-0.25, -0.2) is 9.97 Å². The minimum absolute atomic E-state index is 0.205. The lowest BCUT2D eigenvalue weighted by Gasteiger charge is -2.34. The summed E-state index contributed by atoms with van der Waals surface area (Å²) in [5.41, 5.74) is 5.92. The molecule has 0 unspecified atom stereocenters. The molecule has 1 saturated heterocycles. The summed E-state index contributed by atoms with van der Waals surface area (Å²) >= 11 is -1.14. The molecule has 32 heavy (non-hydrogen) atoms. The van der Waals surface area contributed by atoms with Crippen molar-refractivity contribution in [1.29, 1.82) is 0 Å². The van der Waals surface area contributed by atoms with Gasteiger partial charge in [0.1, 0.15) is 29.0 Å². The largest absolute Gasteiger partial charge is 0.610 e. The van der Waals surface area contributed by atoms with Crippen LogP contribution in [0.1, 0.15) is 12.6 Å². The summed E-state index contributed by atoms with van der Waals surface area (Å²) in [6.07, 6.45) is 3.42. The van der Waals surface area contributed by atoms with Gasteiger partial charge in [0, 0.05) is 48.2 Å². The molecule has 0 radical (unpaired) electrons. The summed E-state index contributed by atoms with van der Waals surface area (Å²) in [5.74, 6) is 0.871. The smallest absolute Gasteiger partial charge is 0.244 e. The van der Waals surface area contributed by atoms with Crippen molar-refractivity contribution in [2.45, 2.75) is 24.9 Å². The number of pyridine rings is 2. The summed E-state index contributed by atoms with van der Waals surface area (Å²) < 4.78 is 19.4. The molecule has 0 aliphatic carbocycles.